The average molecular weight is 228 g/mol. The maximum Gasteiger partial charge on any atom is 0.121 e. The molecule has 0 spiro atoms. The topological polar surface area (TPSA) is 35.8 Å². The first-order valence-electron chi connectivity index (χ1n) is 6.50. The molecule has 1 aliphatic rings. The van der Waals surface area contributed by atoms with Crippen LogP contribution in [0.5, 0.6) is 0 Å². The highest BCUT2D eigenvalue weighted by atomic mass is 14.9. The fourth-order valence-corrected chi connectivity index (χ4v) is 2.14. The molecule has 0 bridgehead atoms. The van der Waals surface area contributed by atoms with Gasteiger partial charge in [-0.05, 0) is 43.2 Å². The van der Waals surface area contributed by atoms with Crippen LogP contribution in [0.4, 0.5) is 0 Å². The Balaban J connectivity index is 2.21. The van der Waals surface area contributed by atoms with Gasteiger partial charge in [0.1, 0.15) is 6.04 Å². The van der Waals surface area contributed by atoms with Crippen LogP contribution >= 0.6 is 0 Å². The first kappa shape index (κ1) is 12.1. The Morgan fingerprint density at radius 1 is 1.41 bits per heavy atom. The summed E-state index contributed by atoms with van der Waals surface area (Å²) in [6.45, 7) is 4.27. The van der Waals surface area contributed by atoms with E-state index in [9.17, 15) is 5.26 Å². The van der Waals surface area contributed by atoms with E-state index in [2.05, 4.69) is 43.4 Å². The van der Waals surface area contributed by atoms with E-state index in [1.165, 1.54) is 24.0 Å². The number of hydrogen-bond acceptors (Lipinski definition) is 2. The van der Waals surface area contributed by atoms with Crippen LogP contribution in [-0.2, 0) is 0 Å². The van der Waals surface area contributed by atoms with Crippen molar-refractivity contribution in [3.63, 3.8) is 0 Å². The molecule has 2 atom stereocenters. The van der Waals surface area contributed by atoms with E-state index in [-0.39, 0.29) is 6.04 Å². The maximum atomic E-state index is 9.34. The Labute approximate surface area is 104 Å². The molecule has 1 aliphatic carbocycles. The Morgan fingerprint density at radius 2 is 2.12 bits per heavy atom. The molecule has 0 radical (unpaired) electrons. The Morgan fingerprint density at radius 3 is 2.71 bits per heavy atom. The molecule has 0 aliphatic heterocycles. The highest BCUT2D eigenvalue weighted by Gasteiger charge is 2.28. The third kappa shape index (κ3) is 2.87. The van der Waals surface area contributed by atoms with Gasteiger partial charge in [0.15, 0.2) is 0 Å². The summed E-state index contributed by atoms with van der Waals surface area (Å²) in [5.74, 6) is 0.695. The highest BCUT2D eigenvalue weighted by Crippen LogP contribution is 2.42. The first-order valence-corrected chi connectivity index (χ1v) is 6.50. The third-order valence-electron chi connectivity index (χ3n) is 3.52. The molecular weight excluding hydrogens is 208 g/mol. The van der Waals surface area contributed by atoms with E-state index in [4.69, 9.17) is 0 Å². The zero-order valence-electron chi connectivity index (χ0n) is 10.6. The van der Waals surface area contributed by atoms with Gasteiger partial charge in [-0.15, -0.1) is 0 Å². The molecule has 1 aromatic rings. The SMILES string of the molecule is CCC(C)NC(C#N)c1ccccc1C1CC1. The van der Waals surface area contributed by atoms with Gasteiger partial charge in [-0.1, -0.05) is 31.2 Å². The second kappa shape index (κ2) is 5.33. The molecule has 1 saturated carbocycles. The van der Waals surface area contributed by atoms with Crippen molar-refractivity contribution in [2.45, 2.75) is 51.1 Å². The lowest BCUT2D eigenvalue weighted by atomic mass is 9.97. The van der Waals surface area contributed by atoms with E-state index >= 15 is 0 Å². The van der Waals surface area contributed by atoms with Gasteiger partial charge >= 0.3 is 0 Å². The molecule has 2 unspecified atom stereocenters. The van der Waals surface area contributed by atoms with Crippen molar-refractivity contribution in [2.75, 3.05) is 0 Å². The standard InChI is InChI=1S/C15H20N2/c1-3-11(2)17-15(10-16)14-7-5-4-6-13(14)12-8-9-12/h4-7,11-12,15,17H,3,8-9H2,1-2H3. The van der Waals surface area contributed by atoms with Crippen molar-refractivity contribution >= 4 is 0 Å². The number of nitrogens with one attached hydrogen (secondary N) is 1. The van der Waals surface area contributed by atoms with Crippen LogP contribution in [0.2, 0.25) is 0 Å². The van der Waals surface area contributed by atoms with Crippen LogP contribution < -0.4 is 5.32 Å². The minimum Gasteiger partial charge on any atom is -0.296 e. The van der Waals surface area contributed by atoms with Crippen LogP contribution in [0.1, 0.15) is 56.2 Å². The molecular formula is C15H20N2. The second-order valence-corrected chi connectivity index (χ2v) is 4.94. The van der Waals surface area contributed by atoms with Crippen molar-refractivity contribution in [1.29, 1.82) is 5.26 Å². The second-order valence-electron chi connectivity index (χ2n) is 4.94. The molecule has 90 valence electrons. The van der Waals surface area contributed by atoms with Crippen molar-refractivity contribution in [3.8, 4) is 6.07 Å². The van der Waals surface area contributed by atoms with Crippen LogP contribution in [-0.4, -0.2) is 6.04 Å². The summed E-state index contributed by atoms with van der Waals surface area (Å²) in [6.07, 6.45) is 3.60. The van der Waals surface area contributed by atoms with E-state index in [0.717, 1.165) is 6.42 Å². The lowest BCUT2D eigenvalue weighted by Crippen LogP contribution is -2.29. The van der Waals surface area contributed by atoms with Crippen molar-refractivity contribution in [2.24, 2.45) is 0 Å². The van der Waals surface area contributed by atoms with E-state index in [1.807, 2.05) is 6.07 Å². The molecule has 1 aromatic carbocycles. The summed E-state index contributed by atoms with van der Waals surface area (Å²) in [7, 11) is 0. The predicted octanol–water partition coefficient (Wildman–Crippen LogP) is 3.52. The maximum absolute atomic E-state index is 9.34. The fraction of sp³-hybridized carbons (Fsp3) is 0.533. The van der Waals surface area contributed by atoms with Crippen LogP contribution in [0.3, 0.4) is 0 Å². The van der Waals surface area contributed by atoms with E-state index in [1.54, 1.807) is 0 Å². The lowest BCUT2D eigenvalue weighted by molar-refractivity contribution is 0.499. The number of rotatable bonds is 5. The summed E-state index contributed by atoms with van der Waals surface area (Å²) < 4.78 is 0. The number of nitriles is 1. The normalized spacial score (nSPS) is 18.4. The van der Waals surface area contributed by atoms with Gasteiger partial charge in [0.2, 0.25) is 0 Å². The van der Waals surface area contributed by atoms with Gasteiger partial charge in [-0.3, -0.25) is 5.32 Å². The molecule has 1 N–H and O–H groups in total. The summed E-state index contributed by atoms with van der Waals surface area (Å²) in [5.41, 5.74) is 2.55. The molecule has 2 rings (SSSR count). The smallest absolute Gasteiger partial charge is 0.121 e. The first-order chi connectivity index (χ1) is 8.26. The zero-order valence-corrected chi connectivity index (χ0v) is 10.6. The van der Waals surface area contributed by atoms with Gasteiger partial charge in [-0.25, -0.2) is 0 Å². The Kier molecular flexibility index (Phi) is 3.81. The molecule has 0 amide bonds. The molecule has 0 heterocycles. The third-order valence-corrected chi connectivity index (χ3v) is 3.52. The minimum atomic E-state index is -0.165. The Bertz CT molecular complexity index is 415. The molecule has 0 aromatic heterocycles. The van der Waals surface area contributed by atoms with Gasteiger partial charge in [0.25, 0.3) is 0 Å². The van der Waals surface area contributed by atoms with Gasteiger partial charge in [-0.2, -0.15) is 5.26 Å². The van der Waals surface area contributed by atoms with Crippen LogP contribution in [0.15, 0.2) is 24.3 Å². The van der Waals surface area contributed by atoms with Crippen LogP contribution in [0, 0.1) is 11.3 Å². The summed E-state index contributed by atoms with van der Waals surface area (Å²) in [4.78, 5) is 0. The number of nitrogens with zero attached hydrogens (tertiary/aromatic N) is 1. The van der Waals surface area contributed by atoms with Gasteiger partial charge in [0.05, 0.1) is 6.07 Å². The summed E-state index contributed by atoms with van der Waals surface area (Å²) >= 11 is 0. The van der Waals surface area contributed by atoms with Crippen molar-refractivity contribution in [3.05, 3.63) is 35.4 Å². The molecule has 1 fully saturated rings. The van der Waals surface area contributed by atoms with Gasteiger partial charge < -0.3 is 0 Å². The average Bonchev–Trinajstić information content (AvgIpc) is 3.20. The van der Waals surface area contributed by atoms with Crippen LogP contribution in [0.25, 0.3) is 0 Å². The monoisotopic (exact) mass is 228 g/mol. The largest absolute Gasteiger partial charge is 0.296 e. The summed E-state index contributed by atoms with van der Waals surface area (Å²) in [5, 5.41) is 12.7. The molecule has 2 heteroatoms. The summed E-state index contributed by atoms with van der Waals surface area (Å²) in [6, 6.07) is 11.0. The quantitative estimate of drug-likeness (QED) is 0.837. The Hall–Kier alpha value is -1.33. The molecule has 2 nitrogen and oxygen atoms in total. The van der Waals surface area contributed by atoms with E-state index in [0.29, 0.717) is 12.0 Å². The zero-order chi connectivity index (χ0) is 12.3. The fourth-order valence-electron chi connectivity index (χ4n) is 2.14. The van der Waals surface area contributed by atoms with E-state index < -0.39 is 0 Å². The number of hydrogen-bond donors (Lipinski definition) is 1. The van der Waals surface area contributed by atoms with Crippen molar-refractivity contribution in [1.82, 2.24) is 5.32 Å². The molecule has 0 saturated heterocycles. The highest BCUT2D eigenvalue weighted by molar-refractivity contribution is 5.38. The number of benzene rings is 1. The molecule has 17 heavy (non-hydrogen) atoms. The lowest BCUT2D eigenvalue weighted by Gasteiger charge is -2.19. The minimum absolute atomic E-state index is 0.165. The van der Waals surface area contributed by atoms with Gasteiger partial charge in [0, 0.05) is 6.04 Å². The predicted molar refractivity (Wildman–Crippen MR) is 69.7 cm³/mol. The van der Waals surface area contributed by atoms with Crippen molar-refractivity contribution < 1.29 is 0 Å².